The fraction of sp³-hybridized carbons (Fsp3) is 0.571. The van der Waals surface area contributed by atoms with Crippen molar-refractivity contribution in [2.45, 2.75) is 38.8 Å². The van der Waals surface area contributed by atoms with Gasteiger partial charge in [-0.15, -0.1) is 0 Å². The molecule has 1 fully saturated rings. The van der Waals surface area contributed by atoms with Gasteiger partial charge in [0, 0.05) is 17.6 Å². The van der Waals surface area contributed by atoms with Crippen molar-refractivity contribution in [3.05, 3.63) is 34.9 Å². The molecule has 0 radical (unpaired) electrons. The van der Waals surface area contributed by atoms with Crippen LogP contribution in [0.1, 0.15) is 38.4 Å². The molecule has 3 heteroatoms. The molecule has 2 rings (SSSR count). The molecule has 1 aliphatic rings. The Bertz CT molecular complexity index is 364. The third kappa shape index (κ3) is 3.21. The van der Waals surface area contributed by atoms with Crippen LogP contribution < -0.4 is 5.32 Å². The van der Waals surface area contributed by atoms with E-state index in [1.54, 1.807) is 0 Å². The van der Waals surface area contributed by atoms with Crippen molar-refractivity contribution < 1.29 is 5.11 Å². The number of hydrogen-bond acceptors (Lipinski definition) is 2. The summed E-state index contributed by atoms with van der Waals surface area (Å²) in [4.78, 5) is 0. The summed E-state index contributed by atoms with van der Waals surface area (Å²) in [5, 5.41) is 14.4. The highest BCUT2D eigenvalue weighted by molar-refractivity contribution is 6.30. The fourth-order valence-corrected chi connectivity index (χ4v) is 2.43. The number of halogens is 1. The largest absolute Gasteiger partial charge is 0.387 e. The van der Waals surface area contributed by atoms with E-state index in [0.717, 1.165) is 24.9 Å². The summed E-state index contributed by atoms with van der Waals surface area (Å²) in [5.74, 6) is 0. The van der Waals surface area contributed by atoms with Gasteiger partial charge >= 0.3 is 0 Å². The van der Waals surface area contributed by atoms with E-state index in [2.05, 4.69) is 19.2 Å². The molecule has 2 unspecified atom stereocenters. The highest BCUT2D eigenvalue weighted by atomic mass is 35.5. The van der Waals surface area contributed by atoms with Crippen molar-refractivity contribution in [2.75, 3.05) is 6.54 Å². The molecule has 1 saturated heterocycles. The van der Waals surface area contributed by atoms with Crippen LogP contribution >= 0.6 is 11.6 Å². The van der Waals surface area contributed by atoms with Gasteiger partial charge in [0.15, 0.2) is 0 Å². The molecule has 17 heavy (non-hydrogen) atoms. The number of aliphatic hydroxyl groups is 1. The lowest BCUT2D eigenvalue weighted by Crippen LogP contribution is -2.45. The molecule has 2 N–H and O–H groups in total. The van der Waals surface area contributed by atoms with Gasteiger partial charge < -0.3 is 10.4 Å². The van der Waals surface area contributed by atoms with E-state index in [-0.39, 0.29) is 6.04 Å². The van der Waals surface area contributed by atoms with Crippen LogP contribution in [0.4, 0.5) is 0 Å². The number of piperidine rings is 1. The summed E-state index contributed by atoms with van der Waals surface area (Å²) in [7, 11) is 0. The Kier molecular flexibility index (Phi) is 3.76. The molecule has 94 valence electrons. The molecule has 1 aliphatic heterocycles. The van der Waals surface area contributed by atoms with E-state index < -0.39 is 6.10 Å². The average molecular weight is 254 g/mol. The average Bonchev–Trinajstić information content (AvgIpc) is 2.29. The van der Waals surface area contributed by atoms with Crippen LogP contribution in [-0.4, -0.2) is 17.7 Å². The number of benzene rings is 1. The molecule has 1 aromatic carbocycles. The van der Waals surface area contributed by atoms with Crippen molar-refractivity contribution in [3.63, 3.8) is 0 Å². The topological polar surface area (TPSA) is 32.3 Å². The van der Waals surface area contributed by atoms with Gasteiger partial charge in [-0.25, -0.2) is 0 Å². The summed E-state index contributed by atoms with van der Waals surface area (Å²) in [6.45, 7) is 5.47. The van der Waals surface area contributed by atoms with Gasteiger partial charge in [0.1, 0.15) is 0 Å². The summed E-state index contributed by atoms with van der Waals surface area (Å²) in [6.07, 6.45) is 1.72. The maximum Gasteiger partial charge on any atom is 0.0942 e. The smallest absolute Gasteiger partial charge is 0.0942 e. The highest BCUT2D eigenvalue weighted by Crippen LogP contribution is 2.31. The Morgan fingerprint density at radius 3 is 2.53 bits per heavy atom. The summed E-state index contributed by atoms with van der Waals surface area (Å²) >= 11 is 5.84. The van der Waals surface area contributed by atoms with E-state index in [0.29, 0.717) is 10.4 Å². The van der Waals surface area contributed by atoms with Crippen LogP contribution in [0.25, 0.3) is 0 Å². The van der Waals surface area contributed by atoms with Crippen molar-refractivity contribution in [1.82, 2.24) is 5.32 Å². The zero-order chi connectivity index (χ0) is 12.5. The lowest BCUT2D eigenvalue weighted by atomic mass is 9.80. The van der Waals surface area contributed by atoms with Crippen LogP contribution in [0.2, 0.25) is 5.02 Å². The maximum absolute atomic E-state index is 10.3. The van der Waals surface area contributed by atoms with E-state index in [9.17, 15) is 5.11 Å². The second-order valence-corrected chi connectivity index (χ2v) is 6.12. The van der Waals surface area contributed by atoms with Crippen LogP contribution in [0, 0.1) is 5.41 Å². The fourth-order valence-electron chi connectivity index (χ4n) is 2.31. The number of nitrogens with one attached hydrogen (secondary N) is 1. The van der Waals surface area contributed by atoms with Crippen molar-refractivity contribution in [2.24, 2.45) is 5.41 Å². The highest BCUT2D eigenvalue weighted by Gasteiger charge is 2.30. The van der Waals surface area contributed by atoms with Gasteiger partial charge in [0.25, 0.3) is 0 Å². The third-order valence-corrected chi connectivity index (χ3v) is 3.82. The van der Waals surface area contributed by atoms with E-state index >= 15 is 0 Å². The van der Waals surface area contributed by atoms with Crippen LogP contribution in [-0.2, 0) is 0 Å². The molecule has 0 amide bonds. The third-order valence-electron chi connectivity index (χ3n) is 3.57. The minimum absolute atomic E-state index is 0.157. The lowest BCUT2D eigenvalue weighted by Gasteiger charge is -2.37. The Labute approximate surface area is 108 Å². The Morgan fingerprint density at radius 1 is 1.35 bits per heavy atom. The zero-order valence-corrected chi connectivity index (χ0v) is 11.2. The number of hydrogen-bond donors (Lipinski definition) is 2. The van der Waals surface area contributed by atoms with Gasteiger partial charge in [-0.3, -0.25) is 0 Å². The van der Waals surface area contributed by atoms with Crippen molar-refractivity contribution in [1.29, 1.82) is 0 Å². The van der Waals surface area contributed by atoms with E-state index in [1.807, 2.05) is 24.3 Å². The molecule has 0 spiro atoms. The Hall–Kier alpha value is -0.570. The van der Waals surface area contributed by atoms with Gasteiger partial charge in [0.2, 0.25) is 0 Å². The van der Waals surface area contributed by atoms with Crippen LogP contribution in [0.5, 0.6) is 0 Å². The second kappa shape index (κ2) is 4.97. The standard InChI is InChI=1S/C14H20ClNO/c1-14(2)8-7-12(16-9-14)13(17)10-3-5-11(15)6-4-10/h3-6,12-13,16-17H,7-9H2,1-2H3. The summed E-state index contributed by atoms with van der Waals surface area (Å²) < 4.78 is 0. The molecule has 0 aromatic heterocycles. The first-order valence-electron chi connectivity index (χ1n) is 6.15. The van der Waals surface area contributed by atoms with Gasteiger partial charge in [-0.05, 0) is 36.0 Å². The van der Waals surface area contributed by atoms with Crippen molar-refractivity contribution in [3.8, 4) is 0 Å². The minimum atomic E-state index is -0.441. The SMILES string of the molecule is CC1(C)CCC(C(O)c2ccc(Cl)cc2)NC1. The normalized spacial score (nSPS) is 25.5. The zero-order valence-electron chi connectivity index (χ0n) is 10.4. The van der Waals surface area contributed by atoms with Crippen LogP contribution in [0.15, 0.2) is 24.3 Å². The molecule has 0 aliphatic carbocycles. The molecule has 0 saturated carbocycles. The quantitative estimate of drug-likeness (QED) is 0.849. The summed E-state index contributed by atoms with van der Waals surface area (Å²) in [6, 6.07) is 7.60. The predicted octanol–water partition coefficient (Wildman–Crippen LogP) is 3.15. The first-order valence-corrected chi connectivity index (χ1v) is 6.53. The molecule has 0 bridgehead atoms. The van der Waals surface area contributed by atoms with Crippen LogP contribution in [0.3, 0.4) is 0 Å². The molecule has 1 heterocycles. The molecular formula is C14H20ClNO. The first kappa shape index (κ1) is 12.9. The Balaban J connectivity index is 2.01. The molecule has 2 nitrogen and oxygen atoms in total. The minimum Gasteiger partial charge on any atom is -0.387 e. The predicted molar refractivity (Wildman–Crippen MR) is 71.2 cm³/mol. The van der Waals surface area contributed by atoms with Gasteiger partial charge in [-0.2, -0.15) is 0 Å². The van der Waals surface area contributed by atoms with Gasteiger partial charge in [0.05, 0.1) is 6.10 Å². The number of aliphatic hydroxyl groups excluding tert-OH is 1. The molecular weight excluding hydrogens is 234 g/mol. The van der Waals surface area contributed by atoms with Crippen molar-refractivity contribution >= 4 is 11.6 Å². The Morgan fingerprint density at radius 2 is 2.00 bits per heavy atom. The van der Waals surface area contributed by atoms with Gasteiger partial charge in [-0.1, -0.05) is 37.6 Å². The molecule has 2 atom stereocenters. The lowest BCUT2D eigenvalue weighted by molar-refractivity contribution is 0.0869. The molecule has 1 aromatic rings. The monoisotopic (exact) mass is 253 g/mol. The van der Waals surface area contributed by atoms with E-state index in [4.69, 9.17) is 11.6 Å². The number of rotatable bonds is 2. The maximum atomic E-state index is 10.3. The van der Waals surface area contributed by atoms with E-state index in [1.165, 1.54) is 0 Å². The second-order valence-electron chi connectivity index (χ2n) is 5.69. The first-order chi connectivity index (χ1) is 7.98. The summed E-state index contributed by atoms with van der Waals surface area (Å²) in [5.41, 5.74) is 1.28.